The van der Waals surface area contributed by atoms with Crippen LogP contribution in [-0.2, 0) is 0 Å². The zero-order valence-corrected chi connectivity index (χ0v) is 8.62. The molecule has 1 aromatic heterocycles. The lowest BCUT2D eigenvalue weighted by molar-refractivity contribution is 0.103. The third kappa shape index (κ3) is 1.26. The number of hydrogen-bond donors (Lipinski definition) is 0. The molecule has 0 bridgehead atoms. The fourth-order valence-corrected chi connectivity index (χ4v) is 1.85. The lowest BCUT2D eigenvalue weighted by Gasteiger charge is -1.95. The van der Waals surface area contributed by atoms with E-state index < -0.39 is 0 Å². The normalized spacial score (nSPS) is 11.6. The van der Waals surface area contributed by atoms with Gasteiger partial charge in [0.1, 0.15) is 5.69 Å². The van der Waals surface area contributed by atoms with Gasteiger partial charge in [0.05, 0.1) is 0 Å². The van der Waals surface area contributed by atoms with Gasteiger partial charge < -0.3 is 0 Å². The molecule has 0 saturated heterocycles. The van der Waals surface area contributed by atoms with Gasteiger partial charge in [0.25, 0.3) is 0 Å². The van der Waals surface area contributed by atoms with E-state index in [9.17, 15) is 4.79 Å². The molecule has 1 aliphatic rings. The molecular formula is C12H8ClNO. The summed E-state index contributed by atoms with van der Waals surface area (Å²) in [6.45, 7) is 0. The zero-order valence-electron chi connectivity index (χ0n) is 7.81. The molecule has 0 spiro atoms. The number of hydrogen-bond acceptors (Lipinski definition) is 2. The van der Waals surface area contributed by atoms with Crippen molar-refractivity contribution in [3.63, 3.8) is 0 Å². The number of rotatable bonds is 0. The van der Waals surface area contributed by atoms with Crippen LogP contribution in [0.2, 0.25) is 0 Å². The van der Waals surface area contributed by atoms with Crippen LogP contribution >= 0.6 is 12.4 Å². The van der Waals surface area contributed by atoms with Crippen molar-refractivity contribution >= 4 is 18.2 Å². The molecule has 74 valence electrons. The van der Waals surface area contributed by atoms with Crippen molar-refractivity contribution < 1.29 is 4.79 Å². The number of aromatic nitrogens is 1. The van der Waals surface area contributed by atoms with Gasteiger partial charge in [-0.05, 0) is 11.6 Å². The highest BCUT2D eigenvalue weighted by atomic mass is 35.5. The van der Waals surface area contributed by atoms with E-state index in [1.807, 2.05) is 36.4 Å². The van der Waals surface area contributed by atoms with E-state index in [1.54, 1.807) is 6.20 Å². The molecule has 1 heterocycles. The molecular weight excluding hydrogens is 210 g/mol. The van der Waals surface area contributed by atoms with Gasteiger partial charge in [-0.15, -0.1) is 12.4 Å². The van der Waals surface area contributed by atoms with Gasteiger partial charge in [-0.2, -0.15) is 0 Å². The Balaban J connectivity index is 0.000000853. The molecule has 1 aliphatic carbocycles. The lowest BCUT2D eigenvalue weighted by atomic mass is 10.1. The number of pyridine rings is 1. The van der Waals surface area contributed by atoms with Gasteiger partial charge in [0, 0.05) is 17.3 Å². The van der Waals surface area contributed by atoms with Crippen LogP contribution in [0.15, 0.2) is 42.6 Å². The maximum atomic E-state index is 11.8. The molecule has 0 atom stereocenters. The minimum absolute atomic E-state index is 0. The standard InChI is InChI=1S/C12H7NO.ClH/c14-12-10-5-2-1-4-8(10)9-6-3-7-13-11(9)12;/h1-7H;1H. The highest BCUT2D eigenvalue weighted by Crippen LogP contribution is 2.34. The first-order valence-corrected chi connectivity index (χ1v) is 4.47. The average molecular weight is 218 g/mol. The fraction of sp³-hybridized carbons (Fsp3) is 0. The van der Waals surface area contributed by atoms with Crippen LogP contribution in [0.25, 0.3) is 11.1 Å². The Kier molecular flexibility index (Phi) is 2.29. The molecule has 1 aromatic carbocycles. The number of nitrogens with zero attached hydrogens (tertiary/aromatic N) is 1. The minimum Gasteiger partial charge on any atom is -0.287 e. The quantitative estimate of drug-likeness (QED) is 0.580. The third-order valence-corrected chi connectivity index (χ3v) is 2.48. The van der Waals surface area contributed by atoms with E-state index in [0.717, 1.165) is 16.7 Å². The Bertz CT molecular complexity index is 489. The predicted molar refractivity (Wildman–Crippen MR) is 60.4 cm³/mol. The van der Waals surface area contributed by atoms with E-state index in [1.165, 1.54) is 0 Å². The Morgan fingerprint density at radius 3 is 2.33 bits per heavy atom. The second-order valence-corrected chi connectivity index (χ2v) is 3.27. The predicted octanol–water partition coefficient (Wildman–Crippen LogP) is 2.71. The Morgan fingerprint density at radius 2 is 1.53 bits per heavy atom. The van der Waals surface area contributed by atoms with Crippen LogP contribution in [-0.4, -0.2) is 10.8 Å². The molecule has 3 heteroatoms. The lowest BCUT2D eigenvalue weighted by Crippen LogP contribution is -1.96. The summed E-state index contributed by atoms with van der Waals surface area (Å²) in [7, 11) is 0. The van der Waals surface area contributed by atoms with Crippen molar-refractivity contribution in [2.24, 2.45) is 0 Å². The molecule has 0 fully saturated rings. The Morgan fingerprint density at radius 1 is 0.867 bits per heavy atom. The maximum absolute atomic E-state index is 11.8. The van der Waals surface area contributed by atoms with Crippen LogP contribution < -0.4 is 0 Å². The molecule has 0 N–H and O–H groups in total. The summed E-state index contributed by atoms with van der Waals surface area (Å²) in [5.74, 6) is 0.0381. The van der Waals surface area contributed by atoms with Gasteiger partial charge in [0.2, 0.25) is 5.78 Å². The summed E-state index contributed by atoms with van der Waals surface area (Å²) in [6, 6.07) is 11.4. The number of benzene rings is 1. The summed E-state index contributed by atoms with van der Waals surface area (Å²) in [6.07, 6.45) is 1.66. The molecule has 3 rings (SSSR count). The van der Waals surface area contributed by atoms with Gasteiger partial charge in [-0.3, -0.25) is 9.78 Å². The first-order chi connectivity index (χ1) is 6.88. The summed E-state index contributed by atoms with van der Waals surface area (Å²) in [4.78, 5) is 15.9. The number of carbonyl (C=O) groups is 1. The van der Waals surface area contributed by atoms with Crippen molar-refractivity contribution in [2.75, 3.05) is 0 Å². The largest absolute Gasteiger partial charge is 0.287 e. The highest BCUT2D eigenvalue weighted by Gasteiger charge is 2.26. The zero-order chi connectivity index (χ0) is 9.54. The molecule has 0 saturated carbocycles. The molecule has 0 aliphatic heterocycles. The van der Waals surface area contributed by atoms with Crippen molar-refractivity contribution in [1.29, 1.82) is 0 Å². The summed E-state index contributed by atoms with van der Waals surface area (Å²) in [5.41, 5.74) is 3.30. The van der Waals surface area contributed by atoms with Gasteiger partial charge >= 0.3 is 0 Å². The van der Waals surface area contributed by atoms with E-state index in [4.69, 9.17) is 0 Å². The number of carbonyl (C=O) groups excluding carboxylic acids is 1. The SMILES string of the molecule is Cl.O=C1c2ccccc2-c2cccnc21. The fourth-order valence-electron chi connectivity index (χ4n) is 1.85. The summed E-state index contributed by atoms with van der Waals surface area (Å²) < 4.78 is 0. The smallest absolute Gasteiger partial charge is 0.212 e. The average Bonchev–Trinajstić information content (AvgIpc) is 2.55. The monoisotopic (exact) mass is 217 g/mol. The third-order valence-electron chi connectivity index (χ3n) is 2.48. The second kappa shape index (κ2) is 3.48. The van der Waals surface area contributed by atoms with Crippen molar-refractivity contribution in [1.82, 2.24) is 4.98 Å². The van der Waals surface area contributed by atoms with Crippen molar-refractivity contribution in [3.8, 4) is 11.1 Å². The van der Waals surface area contributed by atoms with E-state index in [-0.39, 0.29) is 18.2 Å². The van der Waals surface area contributed by atoms with Crippen LogP contribution in [0.4, 0.5) is 0 Å². The first-order valence-electron chi connectivity index (χ1n) is 4.47. The van der Waals surface area contributed by atoms with Crippen LogP contribution in [0.5, 0.6) is 0 Å². The van der Waals surface area contributed by atoms with Gasteiger partial charge in [-0.1, -0.05) is 30.3 Å². The van der Waals surface area contributed by atoms with E-state index in [2.05, 4.69) is 4.98 Å². The van der Waals surface area contributed by atoms with Gasteiger partial charge in [-0.25, -0.2) is 0 Å². The molecule has 15 heavy (non-hydrogen) atoms. The summed E-state index contributed by atoms with van der Waals surface area (Å²) >= 11 is 0. The summed E-state index contributed by atoms with van der Waals surface area (Å²) in [5, 5.41) is 0. The van der Waals surface area contributed by atoms with Crippen molar-refractivity contribution in [2.45, 2.75) is 0 Å². The molecule has 0 radical (unpaired) electrons. The number of fused-ring (bicyclic) bond motifs is 3. The highest BCUT2D eigenvalue weighted by molar-refractivity contribution is 6.20. The van der Waals surface area contributed by atoms with Crippen LogP contribution in [0.1, 0.15) is 16.1 Å². The van der Waals surface area contributed by atoms with Gasteiger partial charge in [0.15, 0.2) is 0 Å². The number of ketones is 1. The van der Waals surface area contributed by atoms with E-state index in [0.29, 0.717) is 5.69 Å². The number of halogens is 1. The maximum Gasteiger partial charge on any atom is 0.212 e. The molecule has 2 nitrogen and oxygen atoms in total. The second-order valence-electron chi connectivity index (χ2n) is 3.27. The molecule has 2 aromatic rings. The van der Waals surface area contributed by atoms with Crippen molar-refractivity contribution in [3.05, 3.63) is 53.9 Å². The Labute approximate surface area is 93.4 Å². The van der Waals surface area contributed by atoms with Crippen LogP contribution in [0, 0.1) is 0 Å². The Hall–Kier alpha value is -1.67. The van der Waals surface area contributed by atoms with E-state index >= 15 is 0 Å². The molecule has 0 amide bonds. The first kappa shape index (κ1) is 9.87. The minimum atomic E-state index is 0. The van der Waals surface area contributed by atoms with Crippen LogP contribution in [0.3, 0.4) is 0 Å². The molecule has 0 unspecified atom stereocenters. The topological polar surface area (TPSA) is 30.0 Å².